The lowest BCUT2D eigenvalue weighted by Gasteiger charge is -2.02. The van der Waals surface area contributed by atoms with Crippen LogP contribution in [0.15, 0.2) is 42.5 Å². The molecule has 76 valence electrons. The summed E-state index contributed by atoms with van der Waals surface area (Å²) in [5.74, 6) is 0. The molecule has 0 amide bonds. The minimum Gasteiger partial charge on any atom is -0.153 e. The minimum absolute atomic E-state index is 0.0951. The van der Waals surface area contributed by atoms with Crippen LogP contribution in [0, 0.1) is 0 Å². The summed E-state index contributed by atoms with van der Waals surface area (Å²) in [5.41, 5.74) is 2.74. The number of rotatable bonds is 2. The fraction of sp³-hybridized carbons (Fsp3) is 0.167. The number of alkyl halides is 1. The molecule has 0 saturated heterocycles. The van der Waals surface area contributed by atoms with Gasteiger partial charge in [-0.2, -0.15) is 10.2 Å². The van der Waals surface area contributed by atoms with Crippen LogP contribution in [0.1, 0.15) is 18.0 Å². The van der Waals surface area contributed by atoms with Crippen LogP contribution in [0.3, 0.4) is 0 Å². The quantitative estimate of drug-likeness (QED) is 0.722. The predicted octanol–water partition coefficient (Wildman–Crippen LogP) is 3.44. The fourth-order valence-corrected chi connectivity index (χ4v) is 1.43. The lowest BCUT2D eigenvalue weighted by Crippen LogP contribution is -1.94. The molecule has 0 spiro atoms. The van der Waals surface area contributed by atoms with E-state index < -0.39 is 0 Å². The Hall–Kier alpha value is -1.41. The van der Waals surface area contributed by atoms with Crippen LogP contribution in [-0.4, -0.2) is 10.2 Å². The molecule has 0 radical (unpaired) electrons. The molecular formula is C12H11ClN2. The van der Waals surface area contributed by atoms with Gasteiger partial charge in [0.2, 0.25) is 0 Å². The van der Waals surface area contributed by atoms with E-state index in [1.54, 1.807) is 0 Å². The Morgan fingerprint density at radius 1 is 1.00 bits per heavy atom. The maximum Gasteiger partial charge on any atom is 0.0929 e. The van der Waals surface area contributed by atoms with Crippen molar-refractivity contribution in [2.45, 2.75) is 12.3 Å². The van der Waals surface area contributed by atoms with E-state index in [1.165, 1.54) is 0 Å². The Morgan fingerprint density at radius 2 is 1.73 bits per heavy atom. The van der Waals surface area contributed by atoms with Gasteiger partial charge in [-0.15, -0.1) is 11.6 Å². The summed E-state index contributed by atoms with van der Waals surface area (Å²) >= 11 is 5.90. The zero-order valence-electron chi connectivity index (χ0n) is 8.39. The van der Waals surface area contributed by atoms with E-state index in [9.17, 15) is 0 Å². The molecule has 1 unspecified atom stereocenters. The molecule has 0 aliphatic heterocycles. The fourth-order valence-electron chi connectivity index (χ4n) is 1.32. The number of benzene rings is 1. The number of hydrogen-bond acceptors (Lipinski definition) is 2. The molecule has 2 nitrogen and oxygen atoms in total. The Bertz CT molecular complexity index is 423. The van der Waals surface area contributed by atoms with Crippen LogP contribution in [0.2, 0.25) is 0 Å². The number of hydrogen-bond donors (Lipinski definition) is 0. The third kappa shape index (κ3) is 2.34. The van der Waals surface area contributed by atoms with E-state index in [0.29, 0.717) is 0 Å². The Labute approximate surface area is 93.9 Å². The molecule has 2 rings (SSSR count). The Balaban J connectivity index is 2.32. The van der Waals surface area contributed by atoms with Gasteiger partial charge < -0.3 is 0 Å². The van der Waals surface area contributed by atoms with Crippen molar-refractivity contribution in [3.05, 3.63) is 48.2 Å². The molecule has 0 fully saturated rings. The van der Waals surface area contributed by atoms with Crippen molar-refractivity contribution in [1.29, 1.82) is 0 Å². The van der Waals surface area contributed by atoms with Crippen molar-refractivity contribution >= 4 is 11.6 Å². The maximum absolute atomic E-state index is 5.90. The standard InChI is InChI=1S/C12H11ClN2/c1-9(13)11-7-8-12(15-14-11)10-5-3-2-4-6-10/h2-9H,1H3. The second kappa shape index (κ2) is 4.41. The van der Waals surface area contributed by atoms with Gasteiger partial charge in [-0.25, -0.2) is 0 Å². The van der Waals surface area contributed by atoms with Crippen LogP contribution in [0.25, 0.3) is 11.3 Å². The number of nitrogens with zero attached hydrogens (tertiary/aromatic N) is 2. The highest BCUT2D eigenvalue weighted by Gasteiger charge is 2.04. The van der Waals surface area contributed by atoms with Gasteiger partial charge in [0.1, 0.15) is 0 Å². The lowest BCUT2D eigenvalue weighted by molar-refractivity contribution is 0.903. The summed E-state index contributed by atoms with van der Waals surface area (Å²) in [6.45, 7) is 1.88. The molecule has 1 aromatic heterocycles. The molecule has 3 heteroatoms. The van der Waals surface area contributed by atoms with Crippen molar-refractivity contribution in [3.8, 4) is 11.3 Å². The number of halogens is 1. The summed E-state index contributed by atoms with van der Waals surface area (Å²) in [6.07, 6.45) is 0. The van der Waals surface area contributed by atoms with Crippen LogP contribution >= 0.6 is 11.6 Å². The summed E-state index contributed by atoms with van der Waals surface area (Å²) in [5, 5.41) is 8.11. The third-order valence-electron chi connectivity index (χ3n) is 2.16. The highest BCUT2D eigenvalue weighted by Crippen LogP contribution is 2.19. The van der Waals surface area contributed by atoms with Crippen LogP contribution in [-0.2, 0) is 0 Å². The molecular weight excluding hydrogens is 208 g/mol. The zero-order chi connectivity index (χ0) is 10.7. The monoisotopic (exact) mass is 218 g/mol. The molecule has 0 saturated carbocycles. The first kappa shape index (κ1) is 10.1. The molecule has 1 atom stereocenters. The first-order chi connectivity index (χ1) is 7.27. The zero-order valence-corrected chi connectivity index (χ0v) is 9.15. The molecule has 1 heterocycles. The van der Waals surface area contributed by atoms with E-state index in [0.717, 1.165) is 17.0 Å². The van der Waals surface area contributed by atoms with E-state index in [1.807, 2.05) is 49.4 Å². The van der Waals surface area contributed by atoms with Crippen molar-refractivity contribution in [3.63, 3.8) is 0 Å². The second-order valence-corrected chi connectivity index (χ2v) is 3.98. The van der Waals surface area contributed by atoms with Gasteiger partial charge in [-0.05, 0) is 19.1 Å². The van der Waals surface area contributed by atoms with Crippen LogP contribution in [0.4, 0.5) is 0 Å². The van der Waals surface area contributed by atoms with Gasteiger partial charge in [0.05, 0.1) is 16.8 Å². The Morgan fingerprint density at radius 3 is 2.27 bits per heavy atom. The van der Waals surface area contributed by atoms with Crippen molar-refractivity contribution in [2.75, 3.05) is 0 Å². The molecule has 2 aromatic rings. The largest absolute Gasteiger partial charge is 0.153 e. The smallest absolute Gasteiger partial charge is 0.0929 e. The minimum atomic E-state index is -0.0951. The highest BCUT2D eigenvalue weighted by molar-refractivity contribution is 6.20. The first-order valence-corrected chi connectivity index (χ1v) is 5.24. The molecule has 0 bridgehead atoms. The van der Waals surface area contributed by atoms with Gasteiger partial charge in [0.25, 0.3) is 0 Å². The third-order valence-corrected chi connectivity index (χ3v) is 2.39. The predicted molar refractivity (Wildman–Crippen MR) is 61.7 cm³/mol. The second-order valence-electron chi connectivity index (χ2n) is 3.33. The average molecular weight is 219 g/mol. The van der Waals surface area contributed by atoms with Gasteiger partial charge in [-0.1, -0.05) is 30.3 Å². The Kier molecular flexibility index (Phi) is 2.97. The lowest BCUT2D eigenvalue weighted by atomic mass is 10.1. The summed E-state index contributed by atoms with van der Waals surface area (Å²) < 4.78 is 0. The van der Waals surface area contributed by atoms with Crippen LogP contribution < -0.4 is 0 Å². The van der Waals surface area contributed by atoms with Gasteiger partial charge in [-0.3, -0.25) is 0 Å². The van der Waals surface area contributed by atoms with E-state index in [-0.39, 0.29) is 5.38 Å². The normalized spacial score (nSPS) is 12.4. The van der Waals surface area contributed by atoms with E-state index in [4.69, 9.17) is 11.6 Å². The van der Waals surface area contributed by atoms with Crippen LogP contribution in [0.5, 0.6) is 0 Å². The van der Waals surface area contributed by atoms with Crippen molar-refractivity contribution < 1.29 is 0 Å². The molecule has 1 aromatic carbocycles. The molecule has 15 heavy (non-hydrogen) atoms. The molecule has 0 aliphatic carbocycles. The maximum atomic E-state index is 5.90. The SMILES string of the molecule is CC(Cl)c1ccc(-c2ccccc2)nn1. The van der Waals surface area contributed by atoms with Gasteiger partial charge in [0, 0.05) is 5.56 Å². The van der Waals surface area contributed by atoms with Crippen molar-refractivity contribution in [2.24, 2.45) is 0 Å². The van der Waals surface area contributed by atoms with E-state index in [2.05, 4.69) is 10.2 Å². The van der Waals surface area contributed by atoms with Gasteiger partial charge >= 0.3 is 0 Å². The van der Waals surface area contributed by atoms with Crippen molar-refractivity contribution in [1.82, 2.24) is 10.2 Å². The first-order valence-electron chi connectivity index (χ1n) is 4.80. The van der Waals surface area contributed by atoms with E-state index >= 15 is 0 Å². The highest BCUT2D eigenvalue weighted by atomic mass is 35.5. The molecule has 0 N–H and O–H groups in total. The summed E-state index contributed by atoms with van der Waals surface area (Å²) in [6, 6.07) is 13.8. The van der Waals surface area contributed by atoms with Gasteiger partial charge in [0.15, 0.2) is 0 Å². The number of aromatic nitrogens is 2. The summed E-state index contributed by atoms with van der Waals surface area (Å²) in [4.78, 5) is 0. The summed E-state index contributed by atoms with van der Waals surface area (Å²) in [7, 11) is 0. The topological polar surface area (TPSA) is 25.8 Å². The molecule has 0 aliphatic rings. The average Bonchev–Trinajstić information content (AvgIpc) is 2.30.